The lowest BCUT2D eigenvalue weighted by Gasteiger charge is -2.41. The molecule has 0 fully saturated rings. The van der Waals surface area contributed by atoms with E-state index in [1.165, 1.54) is 6.92 Å². The highest BCUT2D eigenvalue weighted by Gasteiger charge is 2.35. The molecule has 0 aliphatic heterocycles. The van der Waals surface area contributed by atoms with Crippen LogP contribution in [-0.2, 0) is 4.79 Å². The highest BCUT2D eigenvalue weighted by atomic mass is 16.5. The number of carbonyl (C=O) groups excluding carboxylic acids is 1. The van der Waals surface area contributed by atoms with Crippen LogP contribution in [0.1, 0.15) is 46.6 Å². The predicted molar refractivity (Wildman–Crippen MR) is 104 cm³/mol. The Morgan fingerprint density at radius 2 is 1.80 bits per heavy atom. The second kappa shape index (κ2) is 9.16. The van der Waals surface area contributed by atoms with Crippen molar-refractivity contribution in [3.63, 3.8) is 0 Å². The molecular formula is C21H33NO3. The van der Waals surface area contributed by atoms with Crippen LogP contribution in [0, 0.1) is 11.3 Å². The third-order valence-electron chi connectivity index (χ3n) is 4.31. The molecule has 1 aromatic carbocycles. The average Bonchev–Trinajstić information content (AvgIpc) is 2.46. The molecule has 4 nitrogen and oxygen atoms in total. The molecule has 0 aromatic heterocycles. The van der Waals surface area contributed by atoms with Crippen LogP contribution >= 0.6 is 0 Å². The third kappa shape index (κ3) is 7.00. The topological polar surface area (TPSA) is 49.8 Å². The van der Waals surface area contributed by atoms with Crippen LogP contribution in [0.25, 0.3) is 6.08 Å². The second-order valence-electron chi connectivity index (χ2n) is 8.04. The zero-order chi connectivity index (χ0) is 19.2. The van der Waals surface area contributed by atoms with Gasteiger partial charge in [-0.2, -0.15) is 0 Å². The van der Waals surface area contributed by atoms with Crippen LogP contribution in [-0.4, -0.2) is 42.2 Å². The summed E-state index contributed by atoms with van der Waals surface area (Å²) in [5.41, 5.74) is 1.05. The molecule has 0 saturated carbocycles. The van der Waals surface area contributed by atoms with Crippen molar-refractivity contribution in [2.45, 2.75) is 53.2 Å². The van der Waals surface area contributed by atoms with E-state index in [1.807, 2.05) is 32.3 Å². The normalized spacial score (nSPS) is 16.0. The van der Waals surface area contributed by atoms with Gasteiger partial charge in [-0.05, 0) is 49.5 Å². The number of aliphatic hydroxyl groups excluding tert-OH is 1. The minimum atomic E-state index is -0.397. The van der Waals surface area contributed by atoms with Crippen molar-refractivity contribution in [2.75, 3.05) is 14.1 Å². The summed E-state index contributed by atoms with van der Waals surface area (Å²) in [5.74, 6) is 0.385. The van der Waals surface area contributed by atoms with E-state index in [4.69, 9.17) is 4.74 Å². The minimum absolute atomic E-state index is 0.00738. The molecule has 0 amide bonds. The van der Waals surface area contributed by atoms with Crippen LogP contribution in [0.2, 0.25) is 0 Å². The zero-order valence-corrected chi connectivity index (χ0v) is 16.6. The Morgan fingerprint density at radius 1 is 1.24 bits per heavy atom. The number of rotatable bonds is 7. The Kier molecular flexibility index (Phi) is 7.84. The van der Waals surface area contributed by atoms with Gasteiger partial charge in [0.2, 0.25) is 0 Å². The largest absolute Gasteiger partial charge is 0.427 e. The SMILES string of the molecule is CC(=O)Oc1ccc(/C=C/C[C@@H](C)[C@@H](O)C(N(C)C)C(C)(C)C)cc1. The first-order chi connectivity index (χ1) is 11.5. The molecule has 0 aliphatic carbocycles. The molecule has 0 heterocycles. The zero-order valence-electron chi connectivity index (χ0n) is 16.6. The summed E-state index contributed by atoms with van der Waals surface area (Å²) < 4.78 is 5.02. The molecule has 1 aromatic rings. The van der Waals surface area contributed by atoms with Gasteiger partial charge in [0.1, 0.15) is 5.75 Å². The summed E-state index contributed by atoms with van der Waals surface area (Å²) in [5, 5.41) is 10.8. The lowest BCUT2D eigenvalue weighted by atomic mass is 9.78. The smallest absolute Gasteiger partial charge is 0.308 e. The van der Waals surface area contributed by atoms with E-state index in [-0.39, 0.29) is 23.3 Å². The van der Waals surface area contributed by atoms with Gasteiger partial charge in [0.15, 0.2) is 0 Å². The first kappa shape index (κ1) is 21.4. The van der Waals surface area contributed by atoms with Gasteiger partial charge in [0, 0.05) is 13.0 Å². The maximum absolute atomic E-state index is 10.9. The number of esters is 1. The van der Waals surface area contributed by atoms with E-state index in [0.717, 1.165) is 12.0 Å². The summed E-state index contributed by atoms with van der Waals surface area (Å²) in [7, 11) is 4.04. The van der Waals surface area contributed by atoms with E-state index in [0.29, 0.717) is 5.75 Å². The first-order valence-electron chi connectivity index (χ1n) is 8.82. The molecule has 0 spiro atoms. The molecule has 0 saturated heterocycles. The Balaban J connectivity index is 2.66. The van der Waals surface area contributed by atoms with Gasteiger partial charge in [0.05, 0.1) is 6.10 Å². The van der Waals surface area contributed by atoms with Crippen LogP contribution in [0.15, 0.2) is 30.3 Å². The van der Waals surface area contributed by atoms with Gasteiger partial charge in [0.25, 0.3) is 0 Å². The molecule has 4 heteroatoms. The Hall–Kier alpha value is -1.65. The van der Waals surface area contributed by atoms with E-state index in [1.54, 1.807) is 12.1 Å². The Bertz CT molecular complexity index is 570. The maximum atomic E-state index is 10.9. The van der Waals surface area contributed by atoms with E-state index in [9.17, 15) is 9.90 Å². The minimum Gasteiger partial charge on any atom is -0.427 e. The van der Waals surface area contributed by atoms with Crippen molar-refractivity contribution in [1.82, 2.24) is 4.90 Å². The number of ether oxygens (including phenoxy) is 1. The standard InChI is InChI=1S/C21H33NO3/c1-15(19(24)20(22(6)7)21(3,4)5)9-8-10-17-11-13-18(14-12-17)25-16(2)23/h8,10-15,19-20,24H,9H2,1-7H3/b10-8+/t15-,19-,20?/m1/s1. The van der Waals surface area contributed by atoms with Crippen LogP contribution in [0.4, 0.5) is 0 Å². The van der Waals surface area contributed by atoms with Crippen molar-refractivity contribution < 1.29 is 14.6 Å². The summed E-state index contributed by atoms with van der Waals surface area (Å²) >= 11 is 0. The van der Waals surface area contributed by atoms with Gasteiger partial charge in [-0.15, -0.1) is 0 Å². The molecule has 3 atom stereocenters. The number of hydrogen-bond donors (Lipinski definition) is 1. The van der Waals surface area contributed by atoms with Crippen LogP contribution in [0.3, 0.4) is 0 Å². The van der Waals surface area contributed by atoms with Crippen molar-refractivity contribution >= 4 is 12.0 Å². The molecule has 0 bridgehead atoms. The fourth-order valence-electron chi connectivity index (χ4n) is 3.27. The van der Waals surface area contributed by atoms with Crippen LogP contribution < -0.4 is 4.74 Å². The predicted octanol–water partition coefficient (Wildman–Crippen LogP) is 3.99. The molecule has 25 heavy (non-hydrogen) atoms. The van der Waals surface area contributed by atoms with Crippen molar-refractivity contribution in [3.8, 4) is 5.75 Å². The van der Waals surface area contributed by atoms with Gasteiger partial charge in [-0.1, -0.05) is 52.0 Å². The van der Waals surface area contributed by atoms with Gasteiger partial charge in [-0.25, -0.2) is 0 Å². The van der Waals surface area contributed by atoms with Crippen LogP contribution in [0.5, 0.6) is 5.75 Å². The fourth-order valence-corrected chi connectivity index (χ4v) is 3.27. The summed E-state index contributed by atoms with van der Waals surface area (Å²) in [6.45, 7) is 9.95. The van der Waals surface area contributed by atoms with E-state index < -0.39 is 6.10 Å². The molecular weight excluding hydrogens is 314 g/mol. The monoisotopic (exact) mass is 347 g/mol. The number of carbonyl (C=O) groups is 1. The number of hydrogen-bond acceptors (Lipinski definition) is 4. The Morgan fingerprint density at radius 3 is 2.24 bits per heavy atom. The average molecular weight is 347 g/mol. The summed E-state index contributed by atoms with van der Waals surface area (Å²) in [6.07, 6.45) is 4.52. The highest BCUT2D eigenvalue weighted by molar-refractivity contribution is 5.69. The molecule has 1 unspecified atom stereocenters. The van der Waals surface area contributed by atoms with Crippen molar-refractivity contribution in [3.05, 3.63) is 35.9 Å². The lowest BCUT2D eigenvalue weighted by Crippen LogP contribution is -2.50. The molecule has 0 radical (unpaired) electrons. The van der Waals surface area contributed by atoms with Crippen molar-refractivity contribution in [2.24, 2.45) is 11.3 Å². The second-order valence-corrected chi connectivity index (χ2v) is 8.04. The molecule has 1 N–H and O–H groups in total. The number of likely N-dealkylation sites (N-methyl/N-ethyl adjacent to an activating group) is 1. The number of allylic oxidation sites excluding steroid dienone is 1. The Labute approximate surface area is 152 Å². The third-order valence-corrected chi connectivity index (χ3v) is 4.31. The summed E-state index contributed by atoms with van der Waals surface area (Å²) in [4.78, 5) is 13.0. The molecule has 0 aliphatic rings. The first-order valence-corrected chi connectivity index (χ1v) is 8.82. The summed E-state index contributed by atoms with van der Waals surface area (Å²) in [6, 6.07) is 7.47. The number of nitrogens with zero attached hydrogens (tertiary/aromatic N) is 1. The van der Waals surface area contributed by atoms with Crippen molar-refractivity contribution in [1.29, 1.82) is 0 Å². The van der Waals surface area contributed by atoms with Gasteiger partial charge >= 0.3 is 5.97 Å². The molecule has 1 rings (SSSR count). The quantitative estimate of drug-likeness (QED) is 0.598. The van der Waals surface area contributed by atoms with E-state index >= 15 is 0 Å². The van der Waals surface area contributed by atoms with E-state index in [2.05, 4.69) is 38.7 Å². The maximum Gasteiger partial charge on any atom is 0.308 e. The fraction of sp³-hybridized carbons (Fsp3) is 0.571. The van der Waals surface area contributed by atoms with Gasteiger partial charge in [-0.3, -0.25) is 4.79 Å². The number of aliphatic hydroxyl groups is 1. The van der Waals surface area contributed by atoms with Gasteiger partial charge < -0.3 is 14.7 Å². The molecule has 140 valence electrons. The highest BCUT2D eigenvalue weighted by Crippen LogP contribution is 2.29. The lowest BCUT2D eigenvalue weighted by molar-refractivity contribution is -0.131. The number of benzene rings is 1.